The molecule has 4 nitrogen and oxygen atoms in total. The Hall–Kier alpha value is -1.42. The Morgan fingerprint density at radius 2 is 2.46 bits per heavy atom. The molecular formula is C9H12N2O2. The number of nitrogens with zero attached hydrogens (tertiary/aromatic N) is 1. The van der Waals surface area contributed by atoms with E-state index in [2.05, 4.69) is 10.3 Å². The van der Waals surface area contributed by atoms with Gasteiger partial charge in [0.15, 0.2) is 0 Å². The van der Waals surface area contributed by atoms with Crippen molar-refractivity contribution in [2.75, 3.05) is 6.61 Å². The Kier molecular flexibility index (Phi) is 3.92. The molecule has 13 heavy (non-hydrogen) atoms. The molecule has 1 aromatic rings. The number of pyridine rings is 1. The second-order valence-electron chi connectivity index (χ2n) is 2.60. The largest absolute Gasteiger partial charge is 0.396 e. The molecule has 0 radical (unpaired) electrons. The van der Waals surface area contributed by atoms with E-state index in [4.69, 9.17) is 5.11 Å². The van der Waals surface area contributed by atoms with Crippen molar-refractivity contribution >= 4 is 6.41 Å². The zero-order chi connectivity index (χ0) is 9.52. The van der Waals surface area contributed by atoms with Gasteiger partial charge in [-0.2, -0.15) is 0 Å². The van der Waals surface area contributed by atoms with Crippen molar-refractivity contribution in [1.29, 1.82) is 0 Å². The minimum atomic E-state index is -0.191. The zero-order valence-electron chi connectivity index (χ0n) is 7.18. The SMILES string of the molecule is O=CN[C@H](CCO)c1ccccn1. The maximum absolute atomic E-state index is 10.2. The van der Waals surface area contributed by atoms with E-state index in [1.54, 1.807) is 12.3 Å². The average molecular weight is 180 g/mol. The zero-order valence-corrected chi connectivity index (χ0v) is 7.18. The lowest BCUT2D eigenvalue weighted by Crippen LogP contribution is -2.21. The molecular weight excluding hydrogens is 168 g/mol. The van der Waals surface area contributed by atoms with Crippen LogP contribution in [-0.4, -0.2) is 23.1 Å². The number of carbonyl (C=O) groups excluding carboxylic acids is 1. The first kappa shape index (κ1) is 9.67. The summed E-state index contributed by atoms with van der Waals surface area (Å²) in [4.78, 5) is 14.3. The highest BCUT2D eigenvalue weighted by Crippen LogP contribution is 2.11. The predicted octanol–water partition coefficient (Wildman–Crippen LogP) is 0.251. The van der Waals surface area contributed by atoms with Gasteiger partial charge in [-0.25, -0.2) is 0 Å². The lowest BCUT2D eigenvalue weighted by molar-refractivity contribution is -0.110. The molecule has 0 spiro atoms. The predicted molar refractivity (Wildman–Crippen MR) is 47.9 cm³/mol. The molecule has 0 fully saturated rings. The van der Waals surface area contributed by atoms with E-state index >= 15 is 0 Å². The molecule has 2 N–H and O–H groups in total. The Bertz CT molecular complexity index is 251. The van der Waals surface area contributed by atoms with E-state index in [1.807, 2.05) is 12.1 Å². The van der Waals surface area contributed by atoms with Crippen LogP contribution in [0.5, 0.6) is 0 Å². The van der Waals surface area contributed by atoms with Crippen molar-refractivity contribution in [3.05, 3.63) is 30.1 Å². The first-order valence-electron chi connectivity index (χ1n) is 4.10. The fourth-order valence-electron chi connectivity index (χ4n) is 1.11. The molecule has 0 aromatic carbocycles. The molecule has 0 aliphatic heterocycles. The highest BCUT2D eigenvalue weighted by Gasteiger charge is 2.09. The van der Waals surface area contributed by atoms with Crippen LogP contribution in [-0.2, 0) is 4.79 Å². The van der Waals surface area contributed by atoms with Gasteiger partial charge < -0.3 is 10.4 Å². The van der Waals surface area contributed by atoms with E-state index in [9.17, 15) is 4.79 Å². The summed E-state index contributed by atoms with van der Waals surface area (Å²) in [6.45, 7) is 0.0298. The fourth-order valence-corrected chi connectivity index (χ4v) is 1.11. The Morgan fingerprint density at radius 3 is 3.00 bits per heavy atom. The Morgan fingerprint density at radius 1 is 1.62 bits per heavy atom. The van der Waals surface area contributed by atoms with Crippen molar-refractivity contribution in [2.45, 2.75) is 12.5 Å². The summed E-state index contributed by atoms with van der Waals surface area (Å²) in [5.74, 6) is 0. The maximum atomic E-state index is 10.2. The third kappa shape index (κ3) is 2.83. The summed E-state index contributed by atoms with van der Waals surface area (Å²) in [6, 6.07) is 5.28. The van der Waals surface area contributed by atoms with Crippen molar-refractivity contribution in [1.82, 2.24) is 10.3 Å². The van der Waals surface area contributed by atoms with Crippen LogP contribution in [0.2, 0.25) is 0 Å². The lowest BCUT2D eigenvalue weighted by atomic mass is 10.1. The van der Waals surface area contributed by atoms with Gasteiger partial charge in [-0.3, -0.25) is 9.78 Å². The molecule has 0 saturated heterocycles. The standard InChI is InChI=1S/C9H12N2O2/c12-6-4-9(11-7-13)8-3-1-2-5-10-8/h1-3,5,7,9,12H,4,6H2,(H,11,13)/t9-/m1/s1. The lowest BCUT2D eigenvalue weighted by Gasteiger charge is -2.13. The number of hydrogen-bond donors (Lipinski definition) is 2. The molecule has 1 atom stereocenters. The summed E-state index contributed by atoms with van der Waals surface area (Å²) in [5, 5.41) is 11.3. The van der Waals surface area contributed by atoms with Crippen LogP contribution >= 0.6 is 0 Å². The third-order valence-electron chi connectivity index (χ3n) is 1.73. The van der Waals surface area contributed by atoms with Gasteiger partial charge in [-0.1, -0.05) is 6.07 Å². The first-order valence-corrected chi connectivity index (χ1v) is 4.10. The number of rotatable bonds is 5. The van der Waals surface area contributed by atoms with Gasteiger partial charge in [-0.15, -0.1) is 0 Å². The molecule has 0 aliphatic carbocycles. The normalized spacial score (nSPS) is 12.1. The highest BCUT2D eigenvalue weighted by atomic mass is 16.3. The van der Waals surface area contributed by atoms with E-state index in [0.717, 1.165) is 5.69 Å². The van der Waals surface area contributed by atoms with Gasteiger partial charge in [0, 0.05) is 12.8 Å². The van der Waals surface area contributed by atoms with Crippen LogP contribution in [0.4, 0.5) is 0 Å². The molecule has 0 bridgehead atoms. The molecule has 0 aliphatic rings. The topological polar surface area (TPSA) is 62.2 Å². The smallest absolute Gasteiger partial charge is 0.207 e. The molecule has 70 valence electrons. The summed E-state index contributed by atoms with van der Waals surface area (Å²) in [5.41, 5.74) is 0.767. The second kappa shape index (κ2) is 5.27. The van der Waals surface area contributed by atoms with Crippen LogP contribution in [0, 0.1) is 0 Å². The molecule has 4 heteroatoms. The van der Waals surface area contributed by atoms with E-state index in [1.165, 1.54) is 0 Å². The quantitative estimate of drug-likeness (QED) is 0.638. The summed E-state index contributed by atoms with van der Waals surface area (Å²) in [7, 11) is 0. The van der Waals surface area contributed by atoms with E-state index in [0.29, 0.717) is 12.8 Å². The minimum Gasteiger partial charge on any atom is -0.396 e. The van der Waals surface area contributed by atoms with Gasteiger partial charge in [0.1, 0.15) is 0 Å². The molecule has 1 heterocycles. The summed E-state index contributed by atoms with van der Waals surface area (Å²) < 4.78 is 0. The van der Waals surface area contributed by atoms with Crippen LogP contribution in [0.15, 0.2) is 24.4 Å². The number of aliphatic hydroxyl groups is 1. The van der Waals surface area contributed by atoms with E-state index < -0.39 is 0 Å². The van der Waals surface area contributed by atoms with Crippen LogP contribution < -0.4 is 5.32 Å². The minimum absolute atomic E-state index is 0.0298. The first-order chi connectivity index (χ1) is 6.38. The van der Waals surface area contributed by atoms with Crippen molar-refractivity contribution in [3.8, 4) is 0 Å². The van der Waals surface area contributed by atoms with Gasteiger partial charge in [0.2, 0.25) is 6.41 Å². The number of aliphatic hydroxyl groups excluding tert-OH is 1. The average Bonchev–Trinajstić information content (AvgIpc) is 2.19. The van der Waals surface area contributed by atoms with Crippen LogP contribution in [0.25, 0.3) is 0 Å². The van der Waals surface area contributed by atoms with E-state index in [-0.39, 0.29) is 12.6 Å². The number of aromatic nitrogens is 1. The van der Waals surface area contributed by atoms with Crippen molar-refractivity contribution in [3.63, 3.8) is 0 Å². The number of amides is 1. The number of hydrogen-bond acceptors (Lipinski definition) is 3. The monoisotopic (exact) mass is 180 g/mol. The van der Waals surface area contributed by atoms with Gasteiger partial charge >= 0.3 is 0 Å². The molecule has 0 saturated carbocycles. The van der Waals surface area contributed by atoms with Gasteiger partial charge in [0.05, 0.1) is 11.7 Å². The number of nitrogens with one attached hydrogen (secondary N) is 1. The van der Waals surface area contributed by atoms with Crippen LogP contribution in [0.1, 0.15) is 18.2 Å². The highest BCUT2D eigenvalue weighted by molar-refractivity contribution is 5.47. The van der Waals surface area contributed by atoms with Crippen molar-refractivity contribution in [2.24, 2.45) is 0 Å². The molecule has 1 aromatic heterocycles. The maximum Gasteiger partial charge on any atom is 0.207 e. The van der Waals surface area contributed by atoms with Crippen molar-refractivity contribution < 1.29 is 9.90 Å². The fraction of sp³-hybridized carbons (Fsp3) is 0.333. The number of carbonyl (C=O) groups is 1. The molecule has 0 unspecified atom stereocenters. The summed E-state index contributed by atoms with van der Waals surface area (Å²) >= 11 is 0. The Labute approximate surface area is 76.6 Å². The third-order valence-corrected chi connectivity index (χ3v) is 1.73. The van der Waals surface area contributed by atoms with Crippen LogP contribution in [0.3, 0.4) is 0 Å². The Balaban J connectivity index is 2.69. The molecule has 1 rings (SSSR count). The second-order valence-corrected chi connectivity index (χ2v) is 2.60. The van der Waals surface area contributed by atoms with Gasteiger partial charge in [-0.05, 0) is 18.6 Å². The molecule has 1 amide bonds. The van der Waals surface area contributed by atoms with Gasteiger partial charge in [0.25, 0.3) is 0 Å². The summed E-state index contributed by atoms with van der Waals surface area (Å²) in [6.07, 6.45) is 2.76.